The minimum absolute atomic E-state index is 0.166. The molecule has 3 aliphatic rings. The van der Waals surface area contributed by atoms with E-state index < -0.39 is 10.0 Å². The zero-order chi connectivity index (χ0) is 20.6. The summed E-state index contributed by atoms with van der Waals surface area (Å²) in [7, 11) is -3.74. The first-order chi connectivity index (χ1) is 14.6. The second-order valence-electron chi connectivity index (χ2n) is 7.69. The first kappa shape index (κ1) is 19.7. The molecule has 0 saturated carbocycles. The number of hydrogen-bond acceptors (Lipinski definition) is 8. The Hall–Kier alpha value is -2.30. The first-order valence-electron chi connectivity index (χ1n) is 10.1. The highest BCUT2D eigenvalue weighted by atomic mass is 32.2. The summed E-state index contributed by atoms with van der Waals surface area (Å²) in [6, 6.07) is 5.79. The van der Waals surface area contributed by atoms with Crippen molar-refractivity contribution in [2.24, 2.45) is 4.99 Å². The summed E-state index contributed by atoms with van der Waals surface area (Å²) < 4.78 is 37.7. The Morgan fingerprint density at radius 3 is 2.93 bits per heavy atom. The normalized spacial score (nSPS) is 24.2. The number of likely N-dealkylation sites (tertiary alicyclic amines) is 1. The molecule has 0 bridgehead atoms. The number of nitrogens with one attached hydrogen (secondary N) is 1. The van der Waals surface area contributed by atoms with Crippen LogP contribution >= 0.6 is 11.5 Å². The lowest BCUT2D eigenvalue weighted by molar-refractivity contribution is 0.0831. The van der Waals surface area contributed by atoms with E-state index in [9.17, 15) is 8.42 Å². The minimum Gasteiger partial charge on any atom is -0.493 e. The molecule has 0 radical (unpaired) electrons. The van der Waals surface area contributed by atoms with Crippen molar-refractivity contribution >= 4 is 32.9 Å². The van der Waals surface area contributed by atoms with Gasteiger partial charge in [-0.25, -0.2) is 13.4 Å². The number of aliphatic imine (C=N–C) groups is 1. The van der Waals surface area contributed by atoms with E-state index in [1.54, 1.807) is 12.1 Å². The molecule has 10 heteroatoms. The fourth-order valence-electron chi connectivity index (χ4n) is 4.56. The third kappa shape index (κ3) is 3.75. The van der Waals surface area contributed by atoms with Gasteiger partial charge in [0.2, 0.25) is 5.13 Å². The van der Waals surface area contributed by atoms with E-state index in [0.717, 1.165) is 43.0 Å². The number of rotatable bonds is 5. The van der Waals surface area contributed by atoms with Crippen LogP contribution in [0.5, 0.6) is 5.75 Å². The standard InChI is InChI=1S/C20H23N5O3S2/c26-30(27,24-20-22-13-23-29-20)15-4-5-16-18(7-10-28-19(16)11-15)25-9-2-1-3-17(25)14-6-8-21-12-14/h4-6,8,11,13,17-18H,1-3,7,9-10,12H2,(H,22,23,24)/t17-,18-/m0/s1. The van der Waals surface area contributed by atoms with E-state index in [2.05, 4.69) is 30.0 Å². The smallest absolute Gasteiger partial charge is 0.263 e. The van der Waals surface area contributed by atoms with Crippen LogP contribution < -0.4 is 9.46 Å². The largest absolute Gasteiger partial charge is 0.493 e. The van der Waals surface area contributed by atoms with Gasteiger partial charge in [-0.2, -0.15) is 4.37 Å². The molecule has 1 aromatic heterocycles. The van der Waals surface area contributed by atoms with Crippen LogP contribution in [0.4, 0.5) is 5.13 Å². The molecule has 158 valence electrons. The van der Waals surface area contributed by atoms with Crippen LogP contribution in [0.25, 0.3) is 0 Å². The molecular weight excluding hydrogens is 422 g/mol. The number of allylic oxidation sites excluding steroid dienone is 1. The molecule has 8 nitrogen and oxygen atoms in total. The van der Waals surface area contributed by atoms with Gasteiger partial charge in [0.25, 0.3) is 10.0 Å². The summed E-state index contributed by atoms with van der Waals surface area (Å²) in [6.07, 6.45) is 9.81. The lowest BCUT2D eigenvalue weighted by Crippen LogP contribution is -2.44. The lowest BCUT2D eigenvalue weighted by atomic mass is 9.89. The van der Waals surface area contributed by atoms with Gasteiger partial charge >= 0.3 is 0 Å². The second kappa shape index (κ2) is 8.09. The van der Waals surface area contributed by atoms with Gasteiger partial charge in [0.15, 0.2) is 0 Å². The number of nitrogens with zero attached hydrogens (tertiary/aromatic N) is 4. The van der Waals surface area contributed by atoms with Gasteiger partial charge in [0, 0.05) is 47.9 Å². The molecular formula is C20H23N5O3S2. The third-order valence-corrected chi connectivity index (χ3v) is 7.97. The zero-order valence-electron chi connectivity index (χ0n) is 16.4. The Morgan fingerprint density at radius 1 is 1.20 bits per heavy atom. The van der Waals surface area contributed by atoms with Crippen LogP contribution in [-0.2, 0) is 10.0 Å². The highest BCUT2D eigenvalue weighted by Crippen LogP contribution is 2.41. The van der Waals surface area contributed by atoms with E-state index in [1.165, 1.54) is 24.7 Å². The van der Waals surface area contributed by atoms with E-state index in [-0.39, 0.29) is 16.1 Å². The van der Waals surface area contributed by atoms with Gasteiger partial charge in [0.1, 0.15) is 12.1 Å². The highest BCUT2D eigenvalue weighted by molar-refractivity contribution is 7.93. The Morgan fingerprint density at radius 2 is 2.13 bits per heavy atom. The maximum Gasteiger partial charge on any atom is 0.263 e. The molecule has 0 spiro atoms. The molecule has 2 aromatic rings. The van der Waals surface area contributed by atoms with Gasteiger partial charge in [0.05, 0.1) is 18.0 Å². The molecule has 30 heavy (non-hydrogen) atoms. The van der Waals surface area contributed by atoms with Crippen molar-refractivity contribution < 1.29 is 13.2 Å². The predicted octanol–water partition coefficient (Wildman–Crippen LogP) is 3.03. The first-order valence-corrected chi connectivity index (χ1v) is 12.4. The minimum atomic E-state index is -3.74. The molecule has 1 aromatic carbocycles. The van der Waals surface area contributed by atoms with Crippen LogP contribution in [0, 0.1) is 0 Å². The summed E-state index contributed by atoms with van der Waals surface area (Å²) in [6.45, 7) is 2.39. The van der Waals surface area contributed by atoms with Crippen molar-refractivity contribution in [3.8, 4) is 5.75 Å². The van der Waals surface area contributed by atoms with E-state index >= 15 is 0 Å². The van der Waals surface area contributed by atoms with E-state index in [1.807, 2.05) is 12.3 Å². The molecule has 0 amide bonds. The molecule has 1 saturated heterocycles. The monoisotopic (exact) mass is 445 g/mol. The van der Waals surface area contributed by atoms with Crippen molar-refractivity contribution in [3.63, 3.8) is 0 Å². The quantitative estimate of drug-likeness (QED) is 0.760. The van der Waals surface area contributed by atoms with Crippen molar-refractivity contribution in [1.29, 1.82) is 0 Å². The molecule has 1 N–H and O–H groups in total. The van der Waals surface area contributed by atoms with Crippen LogP contribution in [0.15, 0.2) is 46.1 Å². The topological polar surface area (TPSA) is 96.8 Å². The Balaban J connectivity index is 1.43. The fraction of sp³-hybridized carbons (Fsp3) is 0.450. The summed E-state index contributed by atoms with van der Waals surface area (Å²) >= 11 is 1.000. The summed E-state index contributed by atoms with van der Waals surface area (Å²) in [4.78, 5) is 11.0. The van der Waals surface area contributed by atoms with E-state index in [4.69, 9.17) is 4.74 Å². The molecule has 5 rings (SSSR count). The van der Waals surface area contributed by atoms with Crippen molar-refractivity contribution in [2.75, 3.05) is 24.4 Å². The predicted molar refractivity (Wildman–Crippen MR) is 116 cm³/mol. The van der Waals surface area contributed by atoms with Gasteiger partial charge < -0.3 is 4.74 Å². The number of anilines is 1. The average molecular weight is 446 g/mol. The SMILES string of the molecule is O=S(=O)(Nc1ncns1)c1ccc2c(c1)OCC[C@@H]2N1CCCC[C@H]1C1=CC=NC1. The second-order valence-corrected chi connectivity index (χ2v) is 10.1. The van der Waals surface area contributed by atoms with Gasteiger partial charge in [-0.3, -0.25) is 14.6 Å². The Bertz CT molecular complexity index is 1080. The van der Waals surface area contributed by atoms with Crippen molar-refractivity contribution in [2.45, 2.75) is 42.7 Å². The van der Waals surface area contributed by atoms with Gasteiger partial charge in [-0.15, -0.1) is 0 Å². The molecule has 2 atom stereocenters. The maximum absolute atomic E-state index is 12.7. The van der Waals surface area contributed by atoms with Crippen molar-refractivity contribution in [1.82, 2.24) is 14.3 Å². The average Bonchev–Trinajstić information content (AvgIpc) is 3.47. The summed E-state index contributed by atoms with van der Waals surface area (Å²) in [5, 5.41) is 0.245. The molecule has 0 aliphatic carbocycles. The Labute approximate surface area is 179 Å². The summed E-state index contributed by atoms with van der Waals surface area (Å²) in [5.74, 6) is 0.646. The highest BCUT2D eigenvalue weighted by Gasteiger charge is 2.35. The Kier molecular flexibility index (Phi) is 5.30. The maximum atomic E-state index is 12.7. The number of aromatic nitrogens is 2. The van der Waals surface area contributed by atoms with Crippen LogP contribution in [0.3, 0.4) is 0 Å². The van der Waals surface area contributed by atoms with Crippen molar-refractivity contribution in [3.05, 3.63) is 41.7 Å². The zero-order valence-corrected chi connectivity index (χ0v) is 18.0. The van der Waals surface area contributed by atoms with Crippen LogP contribution in [0.1, 0.15) is 37.3 Å². The van der Waals surface area contributed by atoms with Gasteiger partial charge in [-0.05, 0) is 37.1 Å². The van der Waals surface area contributed by atoms with Crippen LogP contribution in [0.2, 0.25) is 0 Å². The van der Waals surface area contributed by atoms with Gasteiger partial charge in [-0.1, -0.05) is 12.5 Å². The number of ether oxygens (including phenoxy) is 1. The lowest BCUT2D eigenvalue weighted by Gasteiger charge is -2.44. The number of benzene rings is 1. The van der Waals surface area contributed by atoms with E-state index in [0.29, 0.717) is 18.4 Å². The number of piperidine rings is 1. The molecule has 1 fully saturated rings. The fourth-order valence-corrected chi connectivity index (χ4v) is 6.23. The molecule has 3 aliphatic heterocycles. The molecule has 0 unspecified atom stereocenters. The number of fused-ring (bicyclic) bond motifs is 1. The molecule has 4 heterocycles. The summed E-state index contributed by atoms with van der Waals surface area (Å²) in [5.41, 5.74) is 2.44. The third-order valence-electron chi connectivity index (χ3n) is 5.93. The van der Waals surface area contributed by atoms with Crippen LogP contribution in [-0.4, -0.2) is 54.6 Å². The number of sulfonamides is 1. The number of hydrogen-bond donors (Lipinski definition) is 1.